The van der Waals surface area contributed by atoms with E-state index in [1.165, 1.54) is 30.6 Å². The van der Waals surface area contributed by atoms with Crippen LogP contribution in [0, 0.1) is 11.8 Å². The van der Waals surface area contributed by atoms with Crippen LogP contribution >= 0.6 is 11.3 Å². The molecule has 1 amide bonds. The number of nitrogens with one attached hydrogen (secondary N) is 2. The van der Waals surface area contributed by atoms with Crippen LogP contribution in [0.3, 0.4) is 0 Å². The molecule has 1 saturated heterocycles. The minimum atomic E-state index is -0.111. The molecule has 0 bridgehead atoms. The van der Waals surface area contributed by atoms with Gasteiger partial charge in [-0.15, -0.1) is 11.3 Å². The third-order valence-corrected chi connectivity index (χ3v) is 8.00. The Morgan fingerprint density at radius 3 is 2.78 bits per heavy atom. The predicted octanol–water partition coefficient (Wildman–Crippen LogP) is 4.56. The molecule has 1 aliphatic carbocycles. The average molecular weight is 451 g/mol. The van der Waals surface area contributed by atoms with Crippen LogP contribution in [0.5, 0.6) is 0 Å². The number of amides is 1. The summed E-state index contributed by atoms with van der Waals surface area (Å²) in [6.45, 7) is 3.63. The van der Waals surface area contributed by atoms with Gasteiger partial charge in [0, 0.05) is 30.1 Å². The second-order valence-electron chi connectivity index (χ2n) is 9.24. The van der Waals surface area contributed by atoms with Crippen LogP contribution in [0.2, 0.25) is 0 Å². The highest BCUT2D eigenvalue weighted by atomic mass is 32.1. The van der Waals surface area contributed by atoms with Gasteiger partial charge in [-0.2, -0.15) is 0 Å². The highest BCUT2D eigenvalue weighted by molar-refractivity contribution is 7.17. The minimum Gasteiger partial charge on any atom is -0.353 e. The lowest BCUT2D eigenvalue weighted by atomic mass is 9.85. The molecule has 6 nitrogen and oxygen atoms in total. The summed E-state index contributed by atoms with van der Waals surface area (Å²) in [5, 5.41) is 5.33. The second kappa shape index (κ2) is 9.06. The molecule has 3 heterocycles. The molecule has 32 heavy (non-hydrogen) atoms. The average Bonchev–Trinajstić information content (AvgIpc) is 3.26. The number of rotatable bonds is 4. The van der Waals surface area contributed by atoms with Crippen molar-refractivity contribution in [3.63, 3.8) is 0 Å². The fraction of sp³-hybridized carbons (Fsp3) is 0.480. The lowest BCUT2D eigenvalue weighted by Crippen LogP contribution is -2.48. The van der Waals surface area contributed by atoms with Crippen molar-refractivity contribution in [3.8, 4) is 11.1 Å². The number of fused-ring (bicyclic) bond motifs is 1. The number of aromatic amines is 1. The lowest BCUT2D eigenvalue weighted by Gasteiger charge is -2.35. The number of carbonyl (C=O) groups is 1. The molecule has 2 N–H and O–H groups in total. The van der Waals surface area contributed by atoms with Crippen molar-refractivity contribution in [2.75, 3.05) is 18.0 Å². The predicted molar refractivity (Wildman–Crippen MR) is 130 cm³/mol. The number of H-pyrrole nitrogens is 1. The largest absolute Gasteiger partial charge is 0.353 e. The first-order chi connectivity index (χ1) is 15.6. The van der Waals surface area contributed by atoms with Crippen LogP contribution in [0.25, 0.3) is 21.3 Å². The summed E-state index contributed by atoms with van der Waals surface area (Å²) in [7, 11) is 0. The number of aromatic nitrogens is 2. The molecule has 0 unspecified atom stereocenters. The first kappa shape index (κ1) is 21.2. The van der Waals surface area contributed by atoms with E-state index in [0.717, 1.165) is 42.5 Å². The zero-order valence-electron chi connectivity index (χ0n) is 18.5. The number of anilines is 1. The van der Waals surface area contributed by atoms with Crippen LogP contribution in [-0.4, -0.2) is 35.0 Å². The Labute approximate surface area is 192 Å². The Hall–Kier alpha value is -2.67. The SMILES string of the molecule is C[C@@H]1CCCC[C@H]1NC(=O)[C@H]1CCCN(c2nc3c(-c4ccccc4)csc3c(=O)[nH]2)C1. The number of carbonyl (C=O) groups excluding carboxylic acids is 1. The van der Waals surface area contributed by atoms with Crippen LogP contribution < -0.4 is 15.8 Å². The maximum Gasteiger partial charge on any atom is 0.270 e. The number of thiophene rings is 1. The molecule has 1 aromatic carbocycles. The number of nitrogens with zero attached hydrogens (tertiary/aromatic N) is 2. The molecule has 168 valence electrons. The Balaban J connectivity index is 1.37. The van der Waals surface area contributed by atoms with Gasteiger partial charge < -0.3 is 10.2 Å². The van der Waals surface area contributed by atoms with E-state index in [0.29, 0.717) is 29.2 Å². The fourth-order valence-corrected chi connectivity index (χ4v) is 6.01. The summed E-state index contributed by atoms with van der Waals surface area (Å²) < 4.78 is 0.644. The molecule has 5 rings (SSSR count). The molecule has 3 atom stereocenters. The second-order valence-corrected chi connectivity index (χ2v) is 10.1. The van der Waals surface area contributed by atoms with Gasteiger partial charge in [-0.1, -0.05) is 50.1 Å². The summed E-state index contributed by atoms with van der Waals surface area (Å²) in [6, 6.07) is 10.3. The van der Waals surface area contributed by atoms with Gasteiger partial charge >= 0.3 is 0 Å². The van der Waals surface area contributed by atoms with E-state index in [-0.39, 0.29) is 17.4 Å². The molecule has 2 aliphatic rings. The monoisotopic (exact) mass is 450 g/mol. The third-order valence-electron chi connectivity index (χ3n) is 7.03. The Morgan fingerprint density at radius 1 is 1.16 bits per heavy atom. The minimum absolute atomic E-state index is 0.0741. The van der Waals surface area contributed by atoms with Crippen LogP contribution in [-0.2, 0) is 4.79 Å². The zero-order valence-corrected chi connectivity index (χ0v) is 19.3. The van der Waals surface area contributed by atoms with Crippen LogP contribution in [0.15, 0.2) is 40.5 Å². The highest BCUT2D eigenvalue weighted by Gasteiger charge is 2.30. The molecule has 3 aromatic rings. The first-order valence-electron chi connectivity index (χ1n) is 11.7. The highest BCUT2D eigenvalue weighted by Crippen LogP contribution is 2.32. The van der Waals surface area contributed by atoms with Gasteiger partial charge in [-0.3, -0.25) is 14.6 Å². The summed E-state index contributed by atoms with van der Waals surface area (Å²) in [5.41, 5.74) is 2.66. The van der Waals surface area contributed by atoms with E-state index in [2.05, 4.69) is 22.1 Å². The molecule has 0 radical (unpaired) electrons. The van der Waals surface area contributed by atoms with Gasteiger partial charge in [0.1, 0.15) is 4.70 Å². The quantitative estimate of drug-likeness (QED) is 0.611. The van der Waals surface area contributed by atoms with E-state index in [9.17, 15) is 9.59 Å². The number of hydrogen-bond donors (Lipinski definition) is 2. The summed E-state index contributed by atoms with van der Waals surface area (Å²) in [4.78, 5) is 35.8. The molecule has 1 aliphatic heterocycles. The first-order valence-corrected chi connectivity index (χ1v) is 12.6. The maximum atomic E-state index is 13.0. The number of benzene rings is 1. The topological polar surface area (TPSA) is 78.1 Å². The van der Waals surface area contributed by atoms with Gasteiger partial charge in [0.05, 0.1) is 11.4 Å². The fourth-order valence-electron chi connectivity index (χ4n) is 5.10. The van der Waals surface area contributed by atoms with Gasteiger partial charge in [-0.05, 0) is 37.2 Å². The van der Waals surface area contributed by atoms with Crippen LogP contribution in [0.1, 0.15) is 45.4 Å². The van der Waals surface area contributed by atoms with Gasteiger partial charge in [-0.25, -0.2) is 4.98 Å². The van der Waals surface area contributed by atoms with Gasteiger partial charge in [0.25, 0.3) is 5.56 Å². The van der Waals surface area contributed by atoms with Crippen molar-refractivity contribution >= 4 is 33.4 Å². The van der Waals surface area contributed by atoms with Crippen molar-refractivity contribution in [1.29, 1.82) is 0 Å². The van der Waals surface area contributed by atoms with E-state index in [1.807, 2.05) is 35.7 Å². The Kier molecular flexibility index (Phi) is 6.00. The van der Waals surface area contributed by atoms with E-state index >= 15 is 0 Å². The van der Waals surface area contributed by atoms with E-state index in [4.69, 9.17) is 4.98 Å². The molecule has 2 aromatic heterocycles. The maximum absolute atomic E-state index is 13.0. The van der Waals surface area contributed by atoms with Crippen molar-refractivity contribution in [2.45, 2.75) is 51.5 Å². The van der Waals surface area contributed by atoms with E-state index < -0.39 is 0 Å². The Morgan fingerprint density at radius 2 is 1.97 bits per heavy atom. The van der Waals surface area contributed by atoms with Crippen molar-refractivity contribution in [3.05, 3.63) is 46.1 Å². The molecular formula is C25H30N4O2S. The summed E-state index contributed by atoms with van der Waals surface area (Å²) in [6.07, 6.45) is 6.52. The number of hydrogen-bond acceptors (Lipinski definition) is 5. The molecular weight excluding hydrogens is 420 g/mol. The lowest BCUT2D eigenvalue weighted by molar-refractivity contribution is -0.126. The van der Waals surface area contributed by atoms with Crippen LogP contribution in [0.4, 0.5) is 5.95 Å². The molecule has 7 heteroatoms. The zero-order chi connectivity index (χ0) is 22.1. The third kappa shape index (κ3) is 4.18. The van der Waals surface area contributed by atoms with Crippen molar-refractivity contribution in [2.24, 2.45) is 11.8 Å². The Bertz CT molecular complexity index is 1160. The van der Waals surface area contributed by atoms with Crippen molar-refractivity contribution < 1.29 is 4.79 Å². The smallest absolute Gasteiger partial charge is 0.270 e. The van der Waals surface area contributed by atoms with E-state index in [1.54, 1.807) is 0 Å². The summed E-state index contributed by atoms with van der Waals surface area (Å²) in [5.74, 6) is 1.19. The number of piperidine rings is 1. The van der Waals surface area contributed by atoms with Gasteiger partial charge in [0.2, 0.25) is 11.9 Å². The van der Waals surface area contributed by atoms with Gasteiger partial charge in [0.15, 0.2) is 0 Å². The molecule has 2 fully saturated rings. The molecule has 0 spiro atoms. The summed E-state index contributed by atoms with van der Waals surface area (Å²) >= 11 is 1.43. The van der Waals surface area contributed by atoms with Crippen molar-refractivity contribution in [1.82, 2.24) is 15.3 Å². The molecule has 1 saturated carbocycles. The normalized spacial score (nSPS) is 23.9. The standard InChI is InChI=1S/C25H30N4O2S/c1-16-8-5-6-12-20(16)26-23(30)18-11-7-13-29(14-18)25-27-21-19(17-9-3-2-4-10-17)15-32-22(21)24(31)28-25/h2-4,9-10,15-16,18,20H,5-8,11-14H2,1H3,(H,26,30)(H,27,28,31)/t16-,18+,20-/m1/s1.